The van der Waals surface area contributed by atoms with Gasteiger partial charge < -0.3 is 10.1 Å². The first-order valence-corrected chi connectivity index (χ1v) is 5.05. The monoisotopic (exact) mass is 221 g/mol. The summed E-state index contributed by atoms with van der Waals surface area (Å²) >= 11 is 0. The average Bonchev–Trinajstić information content (AvgIpc) is 2.29. The topological polar surface area (TPSA) is 38.3 Å². The molecule has 0 saturated heterocycles. The summed E-state index contributed by atoms with van der Waals surface area (Å²) in [6, 6.07) is 4.33. The summed E-state index contributed by atoms with van der Waals surface area (Å²) in [5, 5.41) is 2.51. The van der Waals surface area contributed by atoms with Crippen molar-refractivity contribution in [1.29, 1.82) is 0 Å². The average molecular weight is 221 g/mol. The van der Waals surface area contributed by atoms with Crippen LogP contribution >= 0.6 is 0 Å². The molecule has 0 fully saturated rings. The van der Waals surface area contributed by atoms with Crippen LogP contribution in [0.4, 0.5) is 4.39 Å². The van der Waals surface area contributed by atoms with E-state index in [1.807, 2.05) is 0 Å². The molecule has 84 valence electrons. The predicted octanol–water partition coefficient (Wildman–Crippen LogP) is 1.74. The number of benzene rings is 1. The van der Waals surface area contributed by atoms with Crippen LogP contribution in [0.25, 0.3) is 5.57 Å². The van der Waals surface area contributed by atoms with Crippen molar-refractivity contribution in [2.45, 2.75) is 6.42 Å². The van der Waals surface area contributed by atoms with Gasteiger partial charge in [0.15, 0.2) is 0 Å². The first-order valence-electron chi connectivity index (χ1n) is 5.05. The van der Waals surface area contributed by atoms with Crippen LogP contribution in [0.3, 0.4) is 0 Å². The van der Waals surface area contributed by atoms with E-state index < -0.39 is 0 Å². The molecule has 1 N–H and O–H groups in total. The predicted molar refractivity (Wildman–Crippen MR) is 58.6 cm³/mol. The molecule has 1 heterocycles. The van der Waals surface area contributed by atoms with E-state index in [1.54, 1.807) is 13.1 Å². The van der Waals surface area contributed by atoms with Crippen molar-refractivity contribution >= 4 is 11.5 Å². The number of nitrogens with one attached hydrogen (secondary N) is 1. The number of fused-ring (bicyclic) bond motifs is 1. The van der Waals surface area contributed by atoms with Crippen LogP contribution < -0.4 is 10.1 Å². The minimum absolute atomic E-state index is 0.188. The molecule has 0 radical (unpaired) electrons. The lowest BCUT2D eigenvalue weighted by Gasteiger charge is -2.19. The third kappa shape index (κ3) is 2.05. The highest BCUT2D eigenvalue weighted by molar-refractivity contribution is 5.96. The zero-order valence-corrected chi connectivity index (χ0v) is 8.92. The molecular formula is C12H12FNO2. The molecule has 0 saturated carbocycles. The molecule has 0 bridgehead atoms. The highest BCUT2D eigenvalue weighted by atomic mass is 19.1. The maximum absolute atomic E-state index is 13.1. The maximum Gasteiger partial charge on any atom is 0.244 e. The summed E-state index contributed by atoms with van der Waals surface area (Å²) in [4.78, 5) is 11.3. The Morgan fingerprint density at radius 2 is 2.38 bits per heavy atom. The molecule has 0 aromatic heterocycles. The van der Waals surface area contributed by atoms with Crippen molar-refractivity contribution < 1.29 is 13.9 Å². The van der Waals surface area contributed by atoms with Gasteiger partial charge in [0, 0.05) is 25.1 Å². The summed E-state index contributed by atoms with van der Waals surface area (Å²) in [5.41, 5.74) is 1.47. The summed E-state index contributed by atoms with van der Waals surface area (Å²) in [7, 11) is 1.56. The van der Waals surface area contributed by atoms with E-state index in [1.165, 1.54) is 18.2 Å². The summed E-state index contributed by atoms with van der Waals surface area (Å²) in [5.74, 6) is 0.113. The number of hydrogen-bond donors (Lipinski definition) is 1. The lowest BCUT2D eigenvalue weighted by atomic mass is 9.99. The van der Waals surface area contributed by atoms with Gasteiger partial charge in [0.25, 0.3) is 0 Å². The van der Waals surface area contributed by atoms with Crippen LogP contribution in [0.5, 0.6) is 5.75 Å². The standard InChI is InChI=1S/C12H12FNO2/c1-14-12(15)6-8-4-5-16-11-3-2-9(13)7-10(8)11/h2-3,6-7H,4-5H2,1H3,(H,14,15)/b8-6+. The molecular weight excluding hydrogens is 209 g/mol. The number of carbonyl (C=O) groups is 1. The van der Waals surface area contributed by atoms with E-state index in [-0.39, 0.29) is 11.7 Å². The van der Waals surface area contributed by atoms with Crippen LogP contribution in [-0.4, -0.2) is 19.6 Å². The van der Waals surface area contributed by atoms with Gasteiger partial charge in [0.05, 0.1) is 6.61 Å². The van der Waals surface area contributed by atoms with E-state index in [0.717, 1.165) is 5.57 Å². The molecule has 0 unspecified atom stereocenters. The highest BCUT2D eigenvalue weighted by Crippen LogP contribution is 2.33. The summed E-state index contributed by atoms with van der Waals surface area (Å²) in [6.45, 7) is 0.515. The maximum atomic E-state index is 13.1. The van der Waals surface area contributed by atoms with Crippen molar-refractivity contribution in [2.24, 2.45) is 0 Å². The Morgan fingerprint density at radius 1 is 1.56 bits per heavy atom. The minimum atomic E-state index is -0.327. The van der Waals surface area contributed by atoms with Gasteiger partial charge >= 0.3 is 0 Å². The van der Waals surface area contributed by atoms with Crippen LogP contribution in [0.1, 0.15) is 12.0 Å². The molecule has 2 rings (SSSR count). The number of likely N-dealkylation sites (N-methyl/N-ethyl adjacent to an activating group) is 1. The first-order chi connectivity index (χ1) is 7.70. The lowest BCUT2D eigenvalue weighted by molar-refractivity contribution is -0.116. The molecule has 1 aliphatic heterocycles. The number of halogens is 1. The number of hydrogen-bond acceptors (Lipinski definition) is 2. The summed E-state index contributed by atoms with van der Waals surface area (Å²) in [6.07, 6.45) is 2.10. The normalized spacial score (nSPS) is 16.5. The molecule has 1 aromatic carbocycles. The van der Waals surface area contributed by atoms with E-state index in [9.17, 15) is 9.18 Å². The Hall–Kier alpha value is -1.84. The number of rotatable bonds is 1. The summed E-state index contributed by atoms with van der Waals surface area (Å²) < 4.78 is 18.5. The van der Waals surface area contributed by atoms with Gasteiger partial charge in [0.2, 0.25) is 5.91 Å². The molecule has 1 aromatic rings. The molecule has 3 nitrogen and oxygen atoms in total. The molecule has 0 spiro atoms. The second-order valence-corrected chi connectivity index (χ2v) is 3.52. The zero-order chi connectivity index (χ0) is 11.5. The number of ether oxygens (including phenoxy) is 1. The van der Waals surface area contributed by atoms with E-state index in [0.29, 0.717) is 24.3 Å². The smallest absolute Gasteiger partial charge is 0.244 e. The van der Waals surface area contributed by atoms with Crippen LogP contribution in [0, 0.1) is 5.82 Å². The third-order valence-electron chi connectivity index (χ3n) is 2.47. The second kappa shape index (κ2) is 4.35. The second-order valence-electron chi connectivity index (χ2n) is 3.52. The SMILES string of the molecule is CNC(=O)/C=C1\CCOc2ccc(F)cc21. The Kier molecular flexibility index (Phi) is 2.90. The Labute approximate surface area is 92.9 Å². The highest BCUT2D eigenvalue weighted by Gasteiger charge is 2.16. The largest absolute Gasteiger partial charge is 0.493 e. The van der Waals surface area contributed by atoms with Crippen molar-refractivity contribution in [3.8, 4) is 5.75 Å². The van der Waals surface area contributed by atoms with Crippen molar-refractivity contribution in [2.75, 3.05) is 13.7 Å². The quantitative estimate of drug-likeness (QED) is 0.733. The molecule has 16 heavy (non-hydrogen) atoms. The van der Waals surface area contributed by atoms with Gasteiger partial charge in [-0.3, -0.25) is 4.79 Å². The molecule has 0 aliphatic carbocycles. The fraction of sp³-hybridized carbons (Fsp3) is 0.250. The van der Waals surface area contributed by atoms with E-state index in [2.05, 4.69) is 5.32 Å². The van der Waals surface area contributed by atoms with Gasteiger partial charge in [-0.2, -0.15) is 0 Å². The minimum Gasteiger partial charge on any atom is -0.493 e. The molecule has 4 heteroatoms. The van der Waals surface area contributed by atoms with Crippen molar-refractivity contribution in [3.05, 3.63) is 35.7 Å². The molecule has 1 aliphatic rings. The lowest BCUT2D eigenvalue weighted by Crippen LogP contribution is -2.16. The Morgan fingerprint density at radius 3 is 3.12 bits per heavy atom. The Balaban J connectivity index is 2.43. The Bertz CT molecular complexity index is 454. The van der Waals surface area contributed by atoms with E-state index in [4.69, 9.17) is 4.74 Å². The van der Waals surface area contributed by atoms with Crippen molar-refractivity contribution in [3.63, 3.8) is 0 Å². The number of amides is 1. The van der Waals surface area contributed by atoms with Crippen LogP contribution in [0.15, 0.2) is 24.3 Å². The van der Waals surface area contributed by atoms with Gasteiger partial charge in [-0.25, -0.2) is 4.39 Å². The van der Waals surface area contributed by atoms with E-state index >= 15 is 0 Å². The number of carbonyl (C=O) groups excluding carboxylic acids is 1. The third-order valence-corrected chi connectivity index (χ3v) is 2.47. The fourth-order valence-electron chi connectivity index (χ4n) is 1.66. The molecule has 0 atom stereocenters. The zero-order valence-electron chi connectivity index (χ0n) is 8.92. The van der Waals surface area contributed by atoms with Gasteiger partial charge in [-0.15, -0.1) is 0 Å². The fourth-order valence-corrected chi connectivity index (χ4v) is 1.66. The first kappa shape index (κ1) is 10.7. The molecule has 1 amide bonds. The van der Waals surface area contributed by atoms with Crippen LogP contribution in [-0.2, 0) is 4.79 Å². The van der Waals surface area contributed by atoms with Crippen LogP contribution in [0.2, 0.25) is 0 Å². The van der Waals surface area contributed by atoms with Gasteiger partial charge in [0.1, 0.15) is 11.6 Å². The van der Waals surface area contributed by atoms with Gasteiger partial charge in [-0.05, 0) is 23.8 Å². The van der Waals surface area contributed by atoms with Crippen molar-refractivity contribution in [1.82, 2.24) is 5.32 Å². The van der Waals surface area contributed by atoms with Gasteiger partial charge in [-0.1, -0.05) is 0 Å².